The molecule has 0 aliphatic rings. The second-order valence-electron chi connectivity index (χ2n) is 14.0. The first-order valence-electron chi connectivity index (χ1n) is 18.8. The van der Waals surface area contributed by atoms with Gasteiger partial charge in [0.15, 0.2) is 17.5 Å². The normalized spacial score (nSPS) is 11.6. The summed E-state index contributed by atoms with van der Waals surface area (Å²) in [5, 5.41) is 8.86. The molecule has 5 heteroatoms. The van der Waals surface area contributed by atoms with Gasteiger partial charge in [0.2, 0.25) is 0 Å². The van der Waals surface area contributed by atoms with Crippen molar-refractivity contribution in [2.75, 3.05) is 4.90 Å². The fraction of sp³-hybridized carbons (Fsp3) is 0. The first kappa shape index (κ1) is 31.9. The average Bonchev–Trinajstić information content (AvgIpc) is 3.66. The highest BCUT2D eigenvalue weighted by Gasteiger charge is 2.23. The van der Waals surface area contributed by atoms with Crippen LogP contribution in [-0.2, 0) is 0 Å². The zero-order chi connectivity index (χ0) is 37.0. The Morgan fingerprint density at radius 2 is 0.964 bits per heavy atom. The first-order valence-corrected chi connectivity index (χ1v) is 18.8. The number of para-hydroxylation sites is 1. The largest absolute Gasteiger partial charge is 0.456 e. The van der Waals surface area contributed by atoms with Crippen LogP contribution in [0.1, 0.15) is 0 Å². The van der Waals surface area contributed by atoms with Crippen molar-refractivity contribution in [3.63, 3.8) is 0 Å². The van der Waals surface area contributed by atoms with Crippen molar-refractivity contribution in [3.05, 3.63) is 194 Å². The Kier molecular flexibility index (Phi) is 7.42. The predicted octanol–water partition coefficient (Wildman–Crippen LogP) is 13.7. The molecule has 0 saturated carbocycles. The van der Waals surface area contributed by atoms with E-state index in [1.807, 2.05) is 42.5 Å². The smallest absolute Gasteiger partial charge is 0.164 e. The number of nitrogens with zero attached hydrogens (tertiary/aromatic N) is 4. The molecule has 0 N–H and O–H groups in total. The summed E-state index contributed by atoms with van der Waals surface area (Å²) >= 11 is 0. The van der Waals surface area contributed by atoms with Gasteiger partial charge < -0.3 is 9.32 Å². The number of aromatic nitrogens is 3. The molecule has 11 aromatic rings. The second kappa shape index (κ2) is 13.0. The van der Waals surface area contributed by atoms with Crippen molar-refractivity contribution >= 4 is 71.3 Å². The van der Waals surface area contributed by atoms with E-state index in [0.717, 1.165) is 71.8 Å². The highest BCUT2D eigenvalue weighted by molar-refractivity contribution is 6.25. The molecular weight excluding hydrogens is 685 g/mol. The van der Waals surface area contributed by atoms with Gasteiger partial charge in [-0.1, -0.05) is 152 Å². The quantitative estimate of drug-likeness (QED) is 0.171. The number of rotatable bonds is 6. The fourth-order valence-corrected chi connectivity index (χ4v) is 8.02. The summed E-state index contributed by atoms with van der Waals surface area (Å²) in [6, 6.07) is 67.5. The van der Waals surface area contributed by atoms with E-state index in [4.69, 9.17) is 19.4 Å². The van der Waals surface area contributed by atoms with Crippen molar-refractivity contribution in [1.82, 2.24) is 15.0 Å². The zero-order valence-electron chi connectivity index (χ0n) is 30.2. The predicted molar refractivity (Wildman–Crippen MR) is 231 cm³/mol. The van der Waals surface area contributed by atoms with Crippen LogP contribution in [0.25, 0.3) is 88.4 Å². The topological polar surface area (TPSA) is 55.1 Å². The van der Waals surface area contributed by atoms with E-state index in [0.29, 0.717) is 17.5 Å². The molecule has 0 aliphatic heterocycles. The molecule has 0 saturated heterocycles. The van der Waals surface area contributed by atoms with E-state index < -0.39 is 0 Å². The molecule has 262 valence electrons. The van der Waals surface area contributed by atoms with E-state index in [1.165, 1.54) is 16.2 Å². The Labute approximate surface area is 322 Å². The van der Waals surface area contributed by atoms with E-state index >= 15 is 0 Å². The fourth-order valence-electron chi connectivity index (χ4n) is 8.02. The maximum Gasteiger partial charge on any atom is 0.164 e. The van der Waals surface area contributed by atoms with Crippen LogP contribution in [0.15, 0.2) is 199 Å². The Morgan fingerprint density at radius 3 is 1.73 bits per heavy atom. The van der Waals surface area contributed by atoms with Crippen LogP contribution in [0.5, 0.6) is 0 Å². The Bertz CT molecular complexity index is 3260. The Hall–Kier alpha value is -7.63. The second-order valence-corrected chi connectivity index (χ2v) is 14.0. The van der Waals surface area contributed by atoms with Crippen LogP contribution < -0.4 is 4.90 Å². The molecule has 5 nitrogen and oxygen atoms in total. The molecule has 0 aliphatic carbocycles. The Balaban J connectivity index is 1.16. The van der Waals surface area contributed by atoms with E-state index in [-0.39, 0.29) is 0 Å². The monoisotopic (exact) mass is 716 g/mol. The van der Waals surface area contributed by atoms with E-state index in [9.17, 15) is 0 Å². The van der Waals surface area contributed by atoms with Crippen molar-refractivity contribution < 1.29 is 4.42 Å². The summed E-state index contributed by atoms with van der Waals surface area (Å²) in [6.45, 7) is 0. The summed E-state index contributed by atoms with van der Waals surface area (Å²) in [4.78, 5) is 17.7. The lowest BCUT2D eigenvalue weighted by Crippen LogP contribution is -2.10. The van der Waals surface area contributed by atoms with Crippen LogP contribution >= 0.6 is 0 Å². The van der Waals surface area contributed by atoms with Gasteiger partial charge in [0.25, 0.3) is 0 Å². The number of furan rings is 1. The van der Waals surface area contributed by atoms with Crippen molar-refractivity contribution in [1.29, 1.82) is 0 Å². The van der Waals surface area contributed by atoms with Crippen LogP contribution in [0.3, 0.4) is 0 Å². The minimum absolute atomic E-state index is 0.588. The number of hydrogen-bond donors (Lipinski definition) is 0. The lowest BCUT2D eigenvalue weighted by molar-refractivity contribution is 0.669. The van der Waals surface area contributed by atoms with Crippen molar-refractivity contribution in [2.45, 2.75) is 0 Å². The SMILES string of the molecule is c1ccc(-c2nc(-c3ccc4ccccc4c3)nc(-c3cccc4oc5cc(N(c6ccccc6)c6ccc7ccccc7c6)c6ccccc6c5c34)n2)cc1. The average molecular weight is 717 g/mol. The summed E-state index contributed by atoms with van der Waals surface area (Å²) in [5.74, 6) is 1.82. The van der Waals surface area contributed by atoms with Crippen molar-refractivity contribution in [3.8, 4) is 34.2 Å². The maximum atomic E-state index is 6.84. The van der Waals surface area contributed by atoms with Gasteiger partial charge in [-0.25, -0.2) is 15.0 Å². The molecule has 0 amide bonds. The molecular formula is C51H32N4O. The minimum Gasteiger partial charge on any atom is -0.456 e. The van der Waals surface area contributed by atoms with Gasteiger partial charge in [-0.3, -0.25) is 0 Å². The Morgan fingerprint density at radius 1 is 0.357 bits per heavy atom. The van der Waals surface area contributed by atoms with Gasteiger partial charge in [0, 0.05) is 50.3 Å². The van der Waals surface area contributed by atoms with Gasteiger partial charge >= 0.3 is 0 Å². The number of benzene rings is 9. The van der Waals surface area contributed by atoms with Crippen LogP contribution in [0.2, 0.25) is 0 Å². The highest BCUT2D eigenvalue weighted by Crippen LogP contribution is 2.46. The number of anilines is 3. The molecule has 0 unspecified atom stereocenters. The number of fused-ring (bicyclic) bond motifs is 7. The zero-order valence-corrected chi connectivity index (χ0v) is 30.2. The van der Waals surface area contributed by atoms with E-state index in [1.54, 1.807) is 0 Å². The van der Waals surface area contributed by atoms with Crippen molar-refractivity contribution in [2.24, 2.45) is 0 Å². The first-order chi connectivity index (χ1) is 27.7. The van der Waals surface area contributed by atoms with Gasteiger partial charge in [-0.05, 0) is 63.3 Å². The lowest BCUT2D eigenvalue weighted by atomic mass is 9.98. The highest BCUT2D eigenvalue weighted by atomic mass is 16.3. The third kappa shape index (κ3) is 5.37. The maximum absolute atomic E-state index is 6.84. The molecule has 0 bridgehead atoms. The molecule has 0 spiro atoms. The van der Waals surface area contributed by atoms with Gasteiger partial charge in [-0.2, -0.15) is 0 Å². The molecule has 0 fully saturated rings. The number of hydrogen-bond acceptors (Lipinski definition) is 5. The summed E-state index contributed by atoms with van der Waals surface area (Å²) < 4.78 is 6.84. The van der Waals surface area contributed by atoms with Gasteiger partial charge in [0.1, 0.15) is 11.2 Å². The molecule has 0 atom stereocenters. The van der Waals surface area contributed by atoms with Crippen LogP contribution in [-0.4, -0.2) is 15.0 Å². The molecule has 0 radical (unpaired) electrons. The summed E-state index contributed by atoms with van der Waals surface area (Å²) in [6.07, 6.45) is 0. The molecule has 11 rings (SSSR count). The minimum atomic E-state index is 0.588. The van der Waals surface area contributed by atoms with Gasteiger partial charge in [-0.15, -0.1) is 0 Å². The molecule has 56 heavy (non-hydrogen) atoms. The molecule has 2 heterocycles. The third-order valence-electron chi connectivity index (χ3n) is 10.6. The standard InChI is InChI=1S/C51H32N4O/c1-3-16-35(17-4-1)49-52-50(38-27-26-33-14-7-9-18-36(33)30-38)54-51(53-49)43-24-13-25-45-48(43)47-42-23-12-11-22-41(42)44(32-46(47)56-45)55(39-20-5-2-6-21-39)40-29-28-34-15-8-10-19-37(34)31-40/h1-32H. The molecule has 9 aromatic carbocycles. The van der Waals surface area contributed by atoms with E-state index in [2.05, 4.69) is 157 Å². The van der Waals surface area contributed by atoms with Crippen LogP contribution in [0, 0.1) is 0 Å². The molecule has 2 aromatic heterocycles. The van der Waals surface area contributed by atoms with Crippen LogP contribution in [0.4, 0.5) is 17.1 Å². The summed E-state index contributed by atoms with van der Waals surface area (Å²) in [5.41, 5.74) is 7.45. The lowest BCUT2D eigenvalue weighted by Gasteiger charge is -2.27. The summed E-state index contributed by atoms with van der Waals surface area (Å²) in [7, 11) is 0. The van der Waals surface area contributed by atoms with Gasteiger partial charge in [0.05, 0.1) is 5.69 Å². The third-order valence-corrected chi connectivity index (χ3v) is 10.6.